The van der Waals surface area contributed by atoms with E-state index >= 15 is 0 Å². The number of sulfone groups is 1. The van der Waals surface area contributed by atoms with E-state index in [4.69, 9.17) is 5.73 Å². The van der Waals surface area contributed by atoms with Gasteiger partial charge in [0.2, 0.25) is 5.91 Å². The van der Waals surface area contributed by atoms with E-state index < -0.39 is 9.84 Å². The molecule has 2 aromatic rings. The molecule has 3 unspecified atom stereocenters. The van der Waals surface area contributed by atoms with Crippen LogP contribution in [-0.2, 0) is 14.6 Å². The van der Waals surface area contributed by atoms with Crippen LogP contribution >= 0.6 is 12.4 Å². The molecule has 0 saturated heterocycles. The molecule has 0 heterocycles. The highest BCUT2D eigenvalue weighted by Gasteiger charge is 2.27. The van der Waals surface area contributed by atoms with Crippen LogP contribution in [0.1, 0.15) is 37.1 Å². The van der Waals surface area contributed by atoms with Crippen LogP contribution < -0.4 is 5.73 Å². The maximum atomic E-state index is 12.8. The lowest BCUT2D eigenvalue weighted by molar-refractivity contribution is -0.136. The van der Waals surface area contributed by atoms with E-state index in [-0.39, 0.29) is 41.2 Å². The van der Waals surface area contributed by atoms with Gasteiger partial charge in [-0.3, -0.25) is 4.79 Å². The standard InChI is InChI=1S/C20H26N2O3S.ClH/c1-14(19(21)17-8-6-5-7-9-17)20(23)22(3)15(2)16-10-12-18(13-11-16)26(4,24)25;/h5-15,19H,21H2,1-4H3;1H. The second-order valence-corrected chi connectivity index (χ2v) is 8.71. The zero-order valence-corrected chi connectivity index (χ0v) is 17.6. The Morgan fingerprint density at radius 3 is 1.96 bits per heavy atom. The molecule has 0 saturated carbocycles. The molecule has 148 valence electrons. The number of nitrogens with two attached hydrogens (primary N) is 1. The fourth-order valence-corrected chi connectivity index (χ4v) is 3.48. The van der Waals surface area contributed by atoms with Crippen molar-refractivity contribution in [2.45, 2.75) is 30.8 Å². The summed E-state index contributed by atoms with van der Waals surface area (Å²) in [5.74, 6) is -0.429. The number of rotatable bonds is 6. The van der Waals surface area contributed by atoms with E-state index in [1.54, 1.807) is 36.2 Å². The molecule has 0 aromatic heterocycles. The minimum Gasteiger partial charge on any atom is -0.339 e. The minimum atomic E-state index is -3.23. The maximum absolute atomic E-state index is 12.8. The summed E-state index contributed by atoms with van der Waals surface area (Å²) < 4.78 is 23.2. The summed E-state index contributed by atoms with van der Waals surface area (Å²) >= 11 is 0. The van der Waals surface area contributed by atoms with Crippen LogP contribution in [0, 0.1) is 5.92 Å². The molecule has 2 N–H and O–H groups in total. The first kappa shape index (κ1) is 23.1. The zero-order chi connectivity index (χ0) is 19.5. The minimum absolute atomic E-state index is 0. The fourth-order valence-electron chi connectivity index (χ4n) is 2.85. The van der Waals surface area contributed by atoms with E-state index in [1.165, 1.54) is 6.26 Å². The van der Waals surface area contributed by atoms with Crippen molar-refractivity contribution in [1.82, 2.24) is 4.90 Å². The van der Waals surface area contributed by atoms with Crippen molar-refractivity contribution in [1.29, 1.82) is 0 Å². The van der Waals surface area contributed by atoms with Crippen molar-refractivity contribution >= 4 is 28.2 Å². The van der Waals surface area contributed by atoms with Gasteiger partial charge in [-0.1, -0.05) is 49.4 Å². The number of benzene rings is 2. The molecule has 0 spiro atoms. The molecule has 0 fully saturated rings. The molecule has 2 rings (SSSR count). The molecule has 0 aliphatic rings. The van der Waals surface area contributed by atoms with Gasteiger partial charge in [-0.05, 0) is 30.2 Å². The molecule has 2 aromatic carbocycles. The first-order valence-corrected chi connectivity index (χ1v) is 10.4. The summed E-state index contributed by atoms with van der Waals surface area (Å²) in [4.78, 5) is 14.8. The smallest absolute Gasteiger partial charge is 0.227 e. The lowest BCUT2D eigenvalue weighted by Crippen LogP contribution is -2.38. The summed E-state index contributed by atoms with van der Waals surface area (Å²) in [6.07, 6.45) is 1.17. The average Bonchev–Trinajstić information content (AvgIpc) is 2.65. The van der Waals surface area contributed by atoms with E-state index in [2.05, 4.69) is 0 Å². The molecular formula is C20H27ClN2O3S. The van der Waals surface area contributed by atoms with Crippen LogP contribution in [0.5, 0.6) is 0 Å². The normalized spacial score (nSPS) is 14.6. The van der Waals surface area contributed by atoms with Gasteiger partial charge in [0.15, 0.2) is 9.84 Å². The van der Waals surface area contributed by atoms with Crippen LogP contribution in [0.2, 0.25) is 0 Å². The van der Waals surface area contributed by atoms with Crippen molar-refractivity contribution in [3.63, 3.8) is 0 Å². The zero-order valence-electron chi connectivity index (χ0n) is 16.0. The number of hydrogen-bond donors (Lipinski definition) is 1. The number of nitrogens with zero attached hydrogens (tertiary/aromatic N) is 1. The Labute approximate surface area is 167 Å². The lowest BCUT2D eigenvalue weighted by Gasteiger charge is -2.30. The molecule has 0 radical (unpaired) electrons. The quantitative estimate of drug-likeness (QED) is 0.791. The molecule has 0 bridgehead atoms. The topological polar surface area (TPSA) is 80.5 Å². The molecule has 3 atom stereocenters. The summed E-state index contributed by atoms with van der Waals surface area (Å²) in [6, 6.07) is 15.6. The van der Waals surface area contributed by atoms with E-state index in [0.717, 1.165) is 11.1 Å². The Balaban J connectivity index is 0.00000364. The monoisotopic (exact) mass is 410 g/mol. The van der Waals surface area contributed by atoms with Gasteiger partial charge in [0.1, 0.15) is 0 Å². The van der Waals surface area contributed by atoms with Gasteiger partial charge in [0.25, 0.3) is 0 Å². The number of amides is 1. The highest BCUT2D eigenvalue weighted by Crippen LogP contribution is 2.26. The SMILES string of the molecule is CC(C(=O)N(C)C(C)c1ccc(S(C)(=O)=O)cc1)C(N)c1ccccc1.Cl. The van der Waals surface area contributed by atoms with Crippen molar-refractivity contribution in [3.05, 3.63) is 65.7 Å². The number of carbonyl (C=O) groups excluding carboxylic acids is 1. The van der Waals surface area contributed by atoms with Crippen LogP contribution in [0.15, 0.2) is 59.5 Å². The van der Waals surface area contributed by atoms with Crippen molar-refractivity contribution in [3.8, 4) is 0 Å². The van der Waals surface area contributed by atoms with Gasteiger partial charge < -0.3 is 10.6 Å². The third kappa shape index (κ3) is 5.54. The Morgan fingerprint density at radius 1 is 0.963 bits per heavy atom. The third-order valence-corrected chi connectivity index (χ3v) is 5.96. The lowest BCUT2D eigenvalue weighted by atomic mass is 9.93. The number of halogens is 1. The Bertz CT molecular complexity index is 855. The second-order valence-electron chi connectivity index (χ2n) is 6.69. The van der Waals surface area contributed by atoms with E-state index in [1.807, 2.05) is 44.2 Å². The molecule has 5 nitrogen and oxygen atoms in total. The van der Waals surface area contributed by atoms with Gasteiger partial charge in [-0.2, -0.15) is 0 Å². The summed E-state index contributed by atoms with van der Waals surface area (Å²) in [5.41, 5.74) is 8.06. The average molecular weight is 411 g/mol. The predicted molar refractivity (Wildman–Crippen MR) is 111 cm³/mol. The van der Waals surface area contributed by atoms with Crippen LogP contribution in [-0.4, -0.2) is 32.5 Å². The van der Waals surface area contributed by atoms with Gasteiger partial charge in [-0.25, -0.2) is 8.42 Å². The second kappa shape index (κ2) is 9.35. The highest BCUT2D eigenvalue weighted by molar-refractivity contribution is 7.90. The van der Waals surface area contributed by atoms with E-state index in [9.17, 15) is 13.2 Å². The van der Waals surface area contributed by atoms with Crippen LogP contribution in [0.25, 0.3) is 0 Å². The summed E-state index contributed by atoms with van der Waals surface area (Å²) in [5, 5.41) is 0. The Hall–Kier alpha value is -1.89. The Morgan fingerprint density at radius 2 is 1.48 bits per heavy atom. The van der Waals surface area contributed by atoms with Gasteiger partial charge in [-0.15, -0.1) is 12.4 Å². The molecule has 0 aliphatic heterocycles. The molecular weight excluding hydrogens is 384 g/mol. The van der Waals surface area contributed by atoms with Crippen molar-refractivity contribution in [2.24, 2.45) is 11.7 Å². The van der Waals surface area contributed by atoms with Crippen molar-refractivity contribution in [2.75, 3.05) is 13.3 Å². The van der Waals surface area contributed by atoms with Crippen LogP contribution in [0.4, 0.5) is 0 Å². The number of carbonyl (C=O) groups is 1. The summed E-state index contributed by atoms with van der Waals surface area (Å²) in [7, 11) is -1.49. The molecule has 7 heteroatoms. The van der Waals surface area contributed by atoms with Gasteiger partial charge in [0.05, 0.1) is 16.9 Å². The number of hydrogen-bond acceptors (Lipinski definition) is 4. The molecule has 0 aliphatic carbocycles. The molecule has 27 heavy (non-hydrogen) atoms. The van der Waals surface area contributed by atoms with Crippen molar-refractivity contribution < 1.29 is 13.2 Å². The summed E-state index contributed by atoms with van der Waals surface area (Å²) in [6.45, 7) is 3.74. The van der Waals surface area contributed by atoms with Crippen LogP contribution in [0.3, 0.4) is 0 Å². The first-order valence-electron chi connectivity index (χ1n) is 8.50. The first-order chi connectivity index (χ1) is 12.1. The third-order valence-electron chi connectivity index (χ3n) is 4.83. The Kier molecular flexibility index (Phi) is 8.02. The fraction of sp³-hybridized carbons (Fsp3) is 0.350. The molecule has 1 amide bonds. The van der Waals surface area contributed by atoms with Gasteiger partial charge >= 0.3 is 0 Å². The van der Waals surface area contributed by atoms with Gasteiger partial charge in [0, 0.05) is 19.3 Å². The maximum Gasteiger partial charge on any atom is 0.227 e. The largest absolute Gasteiger partial charge is 0.339 e. The van der Waals surface area contributed by atoms with E-state index in [0.29, 0.717) is 0 Å². The predicted octanol–water partition coefficient (Wildman–Crippen LogP) is 3.37. The highest BCUT2D eigenvalue weighted by atomic mass is 35.5.